The molecular weight excluding hydrogens is 274 g/mol. The lowest BCUT2D eigenvalue weighted by Gasteiger charge is -2.28. The molecule has 1 aromatic carbocycles. The summed E-state index contributed by atoms with van der Waals surface area (Å²) in [4.78, 5) is 18.1. The van der Waals surface area contributed by atoms with Gasteiger partial charge in [0, 0.05) is 18.8 Å². The molecule has 5 nitrogen and oxygen atoms in total. The molecule has 0 atom stereocenters. The van der Waals surface area contributed by atoms with Crippen LogP contribution in [0.5, 0.6) is 0 Å². The molecule has 0 spiro atoms. The molecule has 1 amide bonds. The maximum atomic E-state index is 11.5. The summed E-state index contributed by atoms with van der Waals surface area (Å²) in [5.41, 5.74) is 7.68. The molecule has 1 fully saturated rings. The first kappa shape index (κ1) is 13.2. The SMILES string of the molecule is NC1=NC(=O)/C(=C\c2ccc(N3CCOCC3)cc2)S1. The number of morpholine rings is 1. The van der Waals surface area contributed by atoms with Crippen LogP contribution in [0.1, 0.15) is 5.56 Å². The number of rotatable bonds is 2. The molecule has 20 heavy (non-hydrogen) atoms. The Bertz CT molecular complexity index is 575. The molecule has 0 unspecified atom stereocenters. The van der Waals surface area contributed by atoms with Crippen LogP contribution in [0.4, 0.5) is 5.69 Å². The van der Waals surface area contributed by atoms with Gasteiger partial charge in [-0.1, -0.05) is 12.1 Å². The largest absolute Gasteiger partial charge is 0.378 e. The Balaban J connectivity index is 1.73. The topological polar surface area (TPSA) is 67.9 Å². The van der Waals surface area contributed by atoms with Gasteiger partial charge in [0.15, 0.2) is 5.17 Å². The van der Waals surface area contributed by atoms with Crippen LogP contribution >= 0.6 is 11.8 Å². The third-order valence-electron chi connectivity index (χ3n) is 3.20. The monoisotopic (exact) mass is 289 g/mol. The van der Waals surface area contributed by atoms with Gasteiger partial charge in [-0.05, 0) is 35.5 Å². The van der Waals surface area contributed by atoms with Crippen LogP contribution in [0.3, 0.4) is 0 Å². The number of thioether (sulfide) groups is 1. The molecule has 2 aliphatic heterocycles. The molecule has 0 aromatic heterocycles. The predicted octanol–water partition coefficient (Wildman–Crippen LogP) is 1.45. The van der Waals surface area contributed by atoms with Crippen molar-refractivity contribution in [3.05, 3.63) is 34.7 Å². The predicted molar refractivity (Wildman–Crippen MR) is 81.7 cm³/mol. The highest BCUT2D eigenvalue weighted by Crippen LogP contribution is 2.27. The van der Waals surface area contributed by atoms with E-state index in [0.717, 1.165) is 31.9 Å². The normalized spacial score (nSPS) is 21.4. The van der Waals surface area contributed by atoms with Gasteiger partial charge in [0.05, 0.1) is 18.1 Å². The Morgan fingerprint density at radius 1 is 1.25 bits per heavy atom. The zero-order valence-corrected chi connectivity index (χ0v) is 11.7. The summed E-state index contributed by atoms with van der Waals surface area (Å²) in [6.07, 6.45) is 1.82. The van der Waals surface area contributed by atoms with Crippen LogP contribution in [0.15, 0.2) is 34.2 Å². The molecule has 0 aliphatic carbocycles. The number of amides is 1. The van der Waals surface area contributed by atoms with Crippen molar-refractivity contribution in [3.63, 3.8) is 0 Å². The third kappa shape index (κ3) is 2.86. The molecule has 6 heteroatoms. The number of amidine groups is 1. The first-order chi connectivity index (χ1) is 9.72. The number of hydrogen-bond donors (Lipinski definition) is 1. The second-order valence-electron chi connectivity index (χ2n) is 4.56. The van der Waals surface area contributed by atoms with Gasteiger partial charge < -0.3 is 15.4 Å². The number of carbonyl (C=O) groups excluding carboxylic acids is 1. The van der Waals surface area contributed by atoms with Crippen LogP contribution in [-0.2, 0) is 9.53 Å². The second kappa shape index (κ2) is 5.68. The van der Waals surface area contributed by atoms with Crippen molar-refractivity contribution in [1.29, 1.82) is 0 Å². The van der Waals surface area contributed by atoms with E-state index in [1.54, 1.807) is 0 Å². The van der Waals surface area contributed by atoms with Crippen molar-refractivity contribution >= 4 is 34.6 Å². The van der Waals surface area contributed by atoms with Gasteiger partial charge in [0.1, 0.15) is 0 Å². The van der Waals surface area contributed by atoms with E-state index in [-0.39, 0.29) is 5.91 Å². The lowest BCUT2D eigenvalue weighted by atomic mass is 10.1. The van der Waals surface area contributed by atoms with E-state index in [2.05, 4.69) is 22.0 Å². The Morgan fingerprint density at radius 2 is 1.95 bits per heavy atom. The zero-order valence-electron chi connectivity index (χ0n) is 10.9. The van der Waals surface area contributed by atoms with Gasteiger partial charge in [0.25, 0.3) is 5.91 Å². The molecule has 0 saturated carbocycles. The van der Waals surface area contributed by atoms with Crippen LogP contribution < -0.4 is 10.6 Å². The molecule has 1 aromatic rings. The van der Waals surface area contributed by atoms with Crippen LogP contribution in [0, 0.1) is 0 Å². The number of nitrogens with zero attached hydrogens (tertiary/aromatic N) is 2. The van der Waals surface area contributed by atoms with E-state index in [1.807, 2.05) is 18.2 Å². The van der Waals surface area contributed by atoms with Crippen molar-refractivity contribution in [2.75, 3.05) is 31.2 Å². The van der Waals surface area contributed by atoms with Crippen molar-refractivity contribution in [2.45, 2.75) is 0 Å². The van der Waals surface area contributed by atoms with E-state index in [9.17, 15) is 4.79 Å². The van der Waals surface area contributed by atoms with E-state index in [1.165, 1.54) is 17.4 Å². The lowest BCUT2D eigenvalue weighted by Crippen LogP contribution is -2.36. The Labute approximate surface area is 121 Å². The average molecular weight is 289 g/mol. The second-order valence-corrected chi connectivity index (χ2v) is 5.62. The maximum absolute atomic E-state index is 11.5. The van der Waals surface area contributed by atoms with Gasteiger partial charge in [-0.3, -0.25) is 4.79 Å². The highest BCUT2D eigenvalue weighted by molar-refractivity contribution is 8.18. The van der Waals surface area contributed by atoms with Crippen molar-refractivity contribution in [3.8, 4) is 0 Å². The molecule has 2 N–H and O–H groups in total. The lowest BCUT2D eigenvalue weighted by molar-refractivity contribution is -0.113. The van der Waals surface area contributed by atoms with Crippen LogP contribution in [-0.4, -0.2) is 37.4 Å². The number of anilines is 1. The van der Waals surface area contributed by atoms with Gasteiger partial charge in [-0.2, -0.15) is 4.99 Å². The molecule has 2 heterocycles. The van der Waals surface area contributed by atoms with Crippen molar-refractivity contribution in [2.24, 2.45) is 10.7 Å². The fourth-order valence-electron chi connectivity index (χ4n) is 2.18. The van der Waals surface area contributed by atoms with Crippen molar-refractivity contribution in [1.82, 2.24) is 0 Å². The highest BCUT2D eigenvalue weighted by atomic mass is 32.2. The number of aliphatic imine (C=N–C) groups is 1. The summed E-state index contributed by atoms with van der Waals surface area (Å²) in [6, 6.07) is 8.12. The highest BCUT2D eigenvalue weighted by Gasteiger charge is 2.19. The molecule has 3 rings (SSSR count). The number of nitrogens with two attached hydrogens (primary N) is 1. The first-order valence-corrected chi connectivity index (χ1v) is 7.25. The minimum Gasteiger partial charge on any atom is -0.378 e. The average Bonchev–Trinajstić information content (AvgIpc) is 2.79. The molecule has 1 saturated heterocycles. The van der Waals surface area contributed by atoms with E-state index in [0.29, 0.717) is 10.1 Å². The number of benzene rings is 1. The van der Waals surface area contributed by atoms with E-state index < -0.39 is 0 Å². The number of carbonyl (C=O) groups is 1. The molecule has 0 radical (unpaired) electrons. The first-order valence-electron chi connectivity index (χ1n) is 6.43. The summed E-state index contributed by atoms with van der Waals surface area (Å²) in [5, 5.41) is 0.311. The summed E-state index contributed by atoms with van der Waals surface area (Å²) in [6.45, 7) is 3.37. The van der Waals surface area contributed by atoms with Gasteiger partial charge in [0.2, 0.25) is 0 Å². The standard InChI is InChI=1S/C14H15N3O2S/c15-14-16-13(18)12(20-14)9-10-1-3-11(4-2-10)17-5-7-19-8-6-17/h1-4,9H,5-8H2,(H2,15,16,18)/b12-9+. The quantitative estimate of drug-likeness (QED) is 0.835. The fraction of sp³-hybridized carbons (Fsp3) is 0.286. The van der Waals surface area contributed by atoms with Gasteiger partial charge in [-0.15, -0.1) is 0 Å². The Morgan fingerprint density at radius 3 is 2.55 bits per heavy atom. The van der Waals surface area contributed by atoms with E-state index >= 15 is 0 Å². The summed E-state index contributed by atoms with van der Waals surface area (Å²) < 4.78 is 5.34. The molecule has 104 valence electrons. The minimum absolute atomic E-state index is 0.259. The third-order valence-corrected chi connectivity index (χ3v) is 4.02. The van der Waals surface area contributed by atoms with Crippen LogP contribution in [0.25, 0.3) is 6.08 Å². The molecular formula is C14H15N3O2S. The molecule has 2 aliphatic rings. The van der Waals surface area contributed by atoms with E-state index in [4.69, 9.17) is 10.5 Å². The fourth-order valence-corrected chi connectivity index (χ4v) is 2.86. The summed E-state index contributed by atoms with van der Waals surface area (Å²) >= 11 is 1.21. The minimum atomic E-state index is -0.259. The van der Waals surface area contributed by atoms with Gasteiger partial charge >= 0.3 is 0 Å². The molecule has 0 bridgehead atoms. The number of hydrogen-bond acceptors (Lipinski definition) is 5. The van der Waals surface area contributed by atoms with Gasteiger partial charge in [-0.25, -0.2) is 0 Å². The smallest absolute Gasteiger partial charge is 0.286 e. The van der Waals surface area contributed by atoms with Crippen LogP contribution in [0.2, 0.25) is 0 Å². The summed E-state index contributed by atoms with van der Waals surface area (Å²) in [5.74, 6) is -0.259. The summed E-state index contributed by atoms with van der Waals surface area (Å²) in [7, 11) is 0. The van der Waals surface area contributed by atoms with Crippen molar-refractivity contribution < 1.29 is 9.53 Å². The maximum Gasteiger partial charge on any atom is 0.286 e. The Kier molecular flexibility index (Phi) is 3.75. The Hall–Kier alpha value is -1.79. The zero-order chi connectivity index (χ0) is 13.9. The number of ether oxygens (including phenoxy) is 1.